The number of amides is 1. The molecule has 112 heavy (non-hydrogen) atoms. The molecule has 8 aromatic carbocycles. The first-order valence-corrected chi connectivity index (χ1v) is 41.0. The number of piperazine rings is 1. The number of hydrogen-bond acceptors (Lipinski definition) is 13. The standard InChI is InChI=1S/C33H35Cl2N3O3.C31H35N3O3.C28H35ClN2O3/c1-40-31-8-3-7-29-30(33(39)36-20-22-5-2-6-24(35)17-22)21-37(32(29)31)15-4-16-38-25-11-12-26(38)19-28(18-25)41-27-13-9-23(34)10-14-27;1-36-29-15-8-14-27-28(31(35)25-10-4-2-5-11-25)24-34(30(27)29)17-9-16-32-18-20-33(21-19-32)22-23-37-26-12-6-3-7-13-26;1-3-4-6-28(32)26-20-31(27-12-11-24(33-2)19-25(26)27)16-5-15-30-17-13-23(14-18-30)34-22-9-7-21(29)8-10-22/h2-3,5-10,13-14,17,21,25-26,28H,4,11-12,15-16,18-20H2,1H3,(H,36,39);2-8,10-15,24H,9,16-23H2,1H3;7-12,19-20,23H,3-6,13-18H2,1-2H3. The second-order valence-corrected chi connectivity index (χ2v) is 31.0. The zero-order valence-electron chi connectivity index (χ0n) is 65.0. The molecule has 0 aliphatic carbocycles. The van der Waals surface area contributed by atoms with Gasteiger partial charge in [0.2, 0.25) is 0 Å². The zero-order chi connectivity index (χ0) is 77.7. The molecule has 11 aromatic rings. The number of hydrogen-bond donors (Lipinski definition) is 1. The minimum atomic E-state index is -0.109. The topological polar surface area (TPSA) is 146 Å². The van der Waals surface area contributed by atoms with E-state index in [0.717, 1.165) is 243 Å². The van der Waals surface area contributed by atoms with Crippen molar-refractivity contribution in [3.8, 4) is 34.5 Å². The highest BCUT2D eigenvalue weighted by Gasteiger charge is 2.41. The maximum absolute atomic E-state index is 13.3. The van der Waals surface area contributed by atoms with Gasteiger partial charge >= 0.3 is 0 Å². The molecule has 7 heterocycles. The first kappa shape index (κ1) is 80.7. The van der Waals surface area contributed by atoms with Crippen LogP contribution in [0.25, 0.3) is 32.7 Å². The van der Waals surface area contributed by atoms with Gasteiger partial charge in [-0.1, -0.05) is 133 Å². The molecule has 2 atom stereocenters. The van der Waals surface area contributed by atoms with Crippen LogP contribution in [0.4, 0.5) is 0 Å². The van der Waals surface area contributed by atoms with Crippen LogP contribution in [-0.2, 0) is 26.2 Å². The fourth-order valence-corrected chi connectivity index (χ4v) is 16.9. The Balaban J connectivity index is 0.000000148. The Morgan fingerprint density at radius 1 is 0.446 bits per heavy atom. The highest BCUT2D eigenvalue weighted by Crippen LogP contribution is 2.39. The van der Waals surface area contributed by atoms with Crippen LogP contribution in [0.2, 0.25) is 15.1 Å². The average molecular weight is 1570 g/mol. The van der Waals surface area contributed by atoms with Crippen LogP contribution in [-0.4, -0.2) is 168 Å². The zero-order valence-corrected chi connectivity index (χ0v) is 67.2. The molecule has 3 aromatic heterocycles. The SMILES string of the molecule is CCCCC(=O)c1cn(CCCN2CCC(Oc3ccc(Cl)cc3)CC2)c2ccc(OC)cc12.COc1cccc2c(C(=O)NCc3cccc(Cl)c3)cn(CCCN3C4CCC3CC(Oc3ccc(Cl)cc3)C4)c12.COc1cccc2c(C(=O)c3ccccc3)cn(CCCN3CCN(CCOc4ccccc4)CC3)c12. The molecule has 588 valence electrons. The molecule has 1 amide bonds. The number of piperidine rings is 2. The molecule has 2 unspecified atom stereocenters. The molecule has 0 spiro atoms. The molecule has 20 heteroatoms. The molecule has 4 fully saturated rings. The van der Waals surface area contributed by atoms with Gasteiger partial charge in [-0.05, 0) is 186 Å². The maximum Gasteiger partial charge on any atom is 0.253 e. The largest absolute Gasteiger partial charge is 0.497 e. The quantitative estimate of drug-likeness (QED) is 0.0399. The number of aromatic nitrogens is 3. The fourth-order valence-electron chi connectivity index (χ4n) is 16.4. The Kier molecular flexibility index (Phi) is 28.8. The minimum Gasteiger partial charge on any atom is -0.497 e. The lowest BCUT2D eigenvalue weighted by Crippen LogP contribution is -2.47. The van der Waals surface area contributed by atoms with E-state index in [-0.39, 0.29) is 29.7 Å². The van der Waals surface area contributed by atoms with Crippen molar-refractivity contribution in [1.29, 1.82) is 0 Å². The number of aryl methyl sites for hydroxylation is 3. The average Bonchev–Trinajstić information content (AvgIpc) is 1.62. The number of benzene rings is 8. The van der Waals surface area contributed by atoms with Gasteiger partial charge in [0.1, 0.15) is 53.3 Å². The van der Waals surface area contributed by atoms with Crippen molar-refractivity contribution in [2.24, 2.45) is 0 Å². The van der Waals surface area contributed by atoms with Gasteiger partial charge in [0.25, 0.3) is 5.91 Å². The third-order valence-corrected chi connectivity index (χ3v) is 23.0. The van der Waals surface area contributed by atoms with E-state index in [1.165, 1.54) is 12.8 Å². The highest BCUT2D eigenvalue weighted by atomic mass is 35.5. The predicted molar refractivity (Wildman–Crippen MR) is 451 cm³/mol. The number of fused-ring (bicyclic) bond motifs is 5. The molecule has 4 aliphatic rings. The third kappa shape index (κ3) is 21.1. The number of para-hydroxylation sites is 3. The van der Waals surface area contributed by atoms with Gasteiger partial charge in [0.05, 0.1) is 37.9 Å². The van der Waals surface area contributed by atoms with Gasteiger partial charge in [-0.3, -0.25) is 24.2 Å². The van der Waals surface area contributed by atoms with Crippen molar-refractivity contribution >= 4 is 85.0 Å². The molecule has 15 rings (SSSR count). The smallest absolute Gasteiger partial charge is 0.253 e. The van der Waals surface area contributed by atoms with E-state index in [1.807, 2.05) is 201 Å². The lowest BCUT2D eigenvalue weighted by Gasteiger charge is -2.39. The summed E-state index contributed by atoms with van der Waals surface area (Å²) in [5.74, 6) is 5.25. The molecular weight excluding hydrogens is 1470 g/mol. The lowest BCUT2D eigenvalue weighted by atomic mass is 9.99. The third-order valence-electron chi connectivity index (χ3n) is 22.2. The van der Waals surface area contributed by atoms with Crippen molar-refractivity contribution in [3.63, 3.8) is 0 Å². The highest BCUT2D eigenvalue weighted by molar-refractivity contribution is 6.31. The van der Waals surface area contributed by atoms with Gasteiger partial charge < -0.3 is 57.2 Å². The van der Waals surface area contributed by atoms with E-state index >= 15 is 0 Å². The predicted octanol–water partition coefficient (Wildman–Crippen LogP) is 18.9. The van der Waals surface area contributed by atoms with E-state index in [4.69, 9.17) is 63.2 Å². The molecule has 4 saturated heterocycles. The first-order valence-electron chi connectivity index (χ1n) is 39.9. The Bertz CT molecular complexity index is 4850. The molecule has 0 radical (unpaired) electrons. The van der Waals surface area contributed by atoms with E-state index in [9.17, 15) is 14.4 Å². The number of unbranched alkanes of at least 4 members (excludes halogenated alkanes) is 1. The molecule has 2 bridgehead atoms. The van der Waals surface area contributed by atoms with Crippen LogP contribution in [0, 0.1) is 0 Å². The van der Waals surface area contributed by atoms with Crippen molar-refractivity contribution in [2.45, 2.75) is 134 Å². The normalized spacial score (nSPS) is 16.8. The van der Waals surface area contributed by atoms with Crippen LogP contribution in [0.3, 0.4) is 0 Å². The number of nitrogens with one attached hydrogen (secondary N) is 1. The Labute approximate surface area is 674 Å². The van der Waals surface area contributed by atoms with Crippen LogP contribution in [0.1, 0.15) is 126 Å². The summed E-state index contributed by atoms with van der Waals surface area (Å²) in [7, 11) is 5.04. The van der Waals surface area contributed by atoms with Gasteiger partial charge in [-0.25, -0.2) is 0 Å². The molecule has 1 N–H and O–H groups in total. The summed E-state index contributed by atoms with van der Waals surface area (Å²) in [5, 5.41) is 8.02. The number of rotatable bonds is 32. The summed E-state index contributed by atoms with van der Waals surface area (Å²) in [4.78, 5) is 49.7. The Morgan fingerprint density at radius 3 is 1.58 bits per heavy atom. The number of ether oxygens (including phenoxy) is 6. The van der Waals surface area contributed by atoms with E-state index in [2.05, 4.69) is 51.6 Å². The van der Waals surface area contributed by atoms with Crippen LogP contribution in [0.5, 0.6) is 34.5 Å². The van der Waals surface area contributed by atoms with Crippen molar-refractivity contribution in [3.05, 3.63) is 250 Å². The first-order chi connectivity index (χ1) is 54.8. The number of methoxy groups -OCH3 is 3. The molecule has 0 saturated carbocycles. The number of ketones is 2. The van der Waals surface area contributed by atoms with Crippen molar-refractivity contribution in [1.82, 2.24) is 38.6 Å². The van der Waals surface area contributed by atoms with Crippen molar-refractivity contribution in [2.75, 3.05) is 93.4 Å². The molecular formula is C92H105Cl3N8O9. The summed E-state index contributed by atoms with van der Waals surface area (Å²) < 4.78 is 41.7. The Morgan fingerprint density at radius 2 is 0.982 bits per heavy atom. The van der Waals surface area contributed by atoms with Crippen LogP contribution < -0.4 is 33.7 Å². The van der Waals surface area contributed by atoms with E-state index in [1.54, 1.807) is 21.3 Å². The van der Waals surface area contributed by atoms with Crippen LogP contribution >= 0.6 is 34.8 Å². The number of halogens is 3. The number of nitrogens with zero attached hydrogens (tertiary/aromatic N) is 7. The van der Waals surface area contributed by atoms with E-state index in [0.29, 0.717) is 41.2 Å². The molecule has 17 nitrogen and oxygen atoms in total. The minimum absolute atomic E-state index is 0.0463. The number of carbonyl (C=O) groups is 3. The van der Waals surface area contributed by atoms with Gasteiger partial charge in [-0.2, -0.15) is 0 Å². The second kappa shape index (κ2) is 39.9. The number of Topliss-reactive ketones (excluding diaryl/α,β-unsaturated/α-hetero) is 1. The molecule has 4 aliphatic heterocycles. The summed E-state index contributed by atoms with van der Waals surface area (Å²) >= 11 is 18.1. The summed E-state index contributed by atoms with van der Waals surface area (Å²) in [6.45, 7) is 16.2. The maximum atomic E-state index is 13.3. The lowest BCUT2D eigenvalue weighted by molar-refractivity contribution is 0.0482. The van der Waals surface area contributed by atoms with Crippen LogP contribution in [0.15, 0.2) is 207 Å². The Hall–Kier alpha value is -9.30. The monoisotopic (exact) mass is 1570 g/mol. The summed E-state index contributed by atoms with van der Waals surface area (Å²) in [5.41, 5.74) is 6.93. The van der Waals surface area contributed by atoms with Gasteiger partial charge in [0, 0.05) is 169 Å². The fraction of sp³-hybridized carbons (Fsp3) is 0.380. The van der Waals surface area contributed by atoms with Gasteiger partial charge in [0.15, 0.2) is 11.6 Å². The van der Waals surface area contributed by atoms with E-state index < -0.39 is 0 Å². The van der Waals surface area contributed by atoms with Gasteiger partial charge in [-0.15, -0.1) is 0 Å². The number of carbonyl (C=O) groups excluding carboxylic acids is 3. The summed E-state index contributed by atoms with van der Waals surface area (Å²) in [6.07, 6.45) is 18.7. The second-order valence-electron chi connectivity index (χ2n) is 29.6. The summed E-state index contributed by atoms with van der Waals surface area (Å²) in [6, 6.07) is 61.3. The number of likely N-dealkylation sites (tertiary alicyclic amines) is 1. The van der Waals surface area contributed by atoms with Crippen molar-refractivity contribution < 1.29 is 42.8 Å².